The van der Waals surface area contributed by atoms with E-state index in [1.165, 1.54) is 22.2 Å². The Labute approximate surface area is 132 Å². The molecule has 0 bridgehead atoms. The van der Waals surface area contributed by atoms with Crippen LogP contribution in [0.1, 0.15) is 20.3 Å². The summed E-state index contributed by atoms with van der Waals surface area (Å²) < 4.78 is 7.05. The van der Waals surface area contributed by atoms with Crippen molar-refractivity contribution < 1.29 is 9.53 Å². The van der Waals surface area contributed by atoms with E-state index in [9.17, 15) is 9.59 Å². The van der Waals surface area contributed by atoms with Gasteiger partial charge in [0.1, 0.15) is 4.83 Å². The maximum atomic E-state index is 12.4. The van der Waals surface area contributed by atoms with Crippen molar-refractivity contribution in [3.63, 3.8) is 0 Å². The number of aromatic nitrogens is 2. The molecule has 0 N–H and O–H groups in total. The molecule has 3 rings (SSSR count). The second-order valence-corrected chi connectivity index (χ2v) is 6.57. The molecule has 118 valence electrons. The minimum absolute atomic E-state index is 0.0555. The van der Waals surface area contributed by atoms with Crippen molar-refractivity contribution >= 4 is 27.5 Å². The van der Waals surface area contributed by atoms with Crippen LogP contribution in [0, 0.1) is 0 Å². The average molecular weight is 321 g/mol. The third-order valence-electron chi connectivity index (χ3n) is 3.95. The van der Waals surface area contributed by atoms with Crippen molar-refractivity contribution in [3.05, 3.63) is 28.1 Å². The van der Waals surface area contributed by atoms with Crippen molar-refractivity contribution in [3.8, 4) is 0 Å². The molecule has 0 radical (unpaired) electrons. The van der Waals surface area contributed by atoms with E-state index in [2.05, 4.69) is 4.98 Å². The topological polar surface area (TPSA) is 64.4 Å². The highest BCUT2D eigenvalue weighted by Gasteiger charge is 2.27. The SMILES string of the molecule is CC1CN(C(=O)CCn2cnc3sccc3c2=O)C(C)CO1. The molecular formula is C15H19N3O3S. The van der Waals surface area contributed by atoms with Gasteiger partial charge < -0.3 is 9.64 Å². The molecule has 7 heteroatoms. The van der Waals surface area contributed by atoms with Crippen LogP contribution in [0.25, 0.3) is 10.2 Å². The van der Waals surface area contributed by atoms with Crippen LogP contribution < -0.4 is 5.56 Å². The number of ether oxygens (including phenoxy) is 1. The Bertz CT molecular complexity index is 739. The number of carbonyl (C=O) groups is 1. The zero-order chi connectivity index (χ0) is 15.7. The van der Waals surface area contributed by atoms with E-state index in [4.69, 9.17) is 4.74 Å². The first-order valence-electron chi connectivity index (χ1n) is 7.40. The minimum Gasteiger partial charge on any atom is -0.375 e. The molecule has 1 saturated heterocycles. The standard InChI is InChI=1S/C15H19N3O3S/c1-10-8-21-11(2)7-18(10)13(19)3-5-17-9-16-14-12(15(17)20)4-6-22-14/h4,6,9-11H,3,5,7-8H2,1-2H3. The first-order chi connectivity index (χ1) is 10.6. The number of hydrogen-bond donors (Lipinski definition) is 0. The predicted octanol–water partition coefficient (Wildman–Crippen LogP) is 1.48. The van der Waals surface area contributed by atoms with Crippen molar-refractivity contribution in [1.29, 1.82) is 0 Å². The number of amides is 1. The Morgan fingerprint density at radius 3 is 3.14 bits per heavy atom. The number of aryl methyl sites for hydroxylation is 1. The predicted molar refractivity (Wildman–Crippen MR) is 85.1 cm³/mol. The van der Waals surface area contributed by atoms with Gasteiger partial charge in [0.15, 0.2) is 0 Å². The number of morpholine rings is 1. The zero-order valence-electron chi connectivity index (χ0n) is 12.7. The highest BCUT2D eigenvalue weighted by atomic mass is 32.1. The first-order valence-corrected chi connectivity index (χ1v) is 8.28. The molecule has 2 aromatic rings. The van der Waals surface area contributed by atoms with Crippen LogP contribution in [0.2, 0.25) is 0 Å². The third kappa shape index (κ3) is 2.91. The minimum atomic E-state index is -0.0811. The largest absolute Gasteiger partial charge is 0.375 e. The monoisotopic (exact) mass is 321 g/mol. The van der Waals surface area contributed by atoms with Gasteiger partial charge in [0, 0.05) is 19.5 Å². The smallest absolute Gasteiger partial charge is 0.262 e. The normalized spacial score (nSPS) is 22.2. The van der Waals surface area contributed by atoms with Crippen LogP contribution in [-0.2, 0) is 16.1 Å². The van der Waals surface area contributed by atoms with Gasteiger partial charge in [0.05, 0.1) is 30.5 Å². The molecule has 0 spiro atoms. The number of fused-ring (bicyclic) bond motifs is 1. The Balaban J connectivity index is 1.69. The second-order valence-electron chi connectivity index (χ2n) is 5.67. The summed E-state index contributed by atoms with van der Waals surface area (Å²) in [5.41, 5.74) is -0.0811. The first kappa shape index (κ1) is 15.2. The fourth-order valence-corrected chi connectivity index (χ4v) is 3.39. The summed E-state index contributed by atoms with van der Waals surface area (Å²) in [7, 11) is 0. The van der Waals surface area contributed by atoms with Crippen LogP contribution in [0.5, 0.6) is 0 Å². The van der Waals surface area contributed by atoms with Crippen molar-refractivity contribution in [2.75, 3.05) is 13.2 Å². The number of nitrogens with zero attached hydrogens (tertiary/aromatic N) is 3. The average Bonchev–Trinajstić information content (AvgIpc) is 2.98. The van der Waals surface area contributed by atoms with Crippen LogP contribution >= 0.6 is 11.3 Å². The van der Waals surface area contributed by atoms with Gasteiger partial charge in [-0.25, -0.2) is 4.98 Å². The fraction of sp³-hybridized carbons (Fsp3) is 0.533. The van der Waals surface area contributed by atoms with E-state index >= 15 is 0 Å². The van der Waals surface area contributed by atoms with Crippen LogP contribution in [0.15, 0.2) is 22.6 Å². The Kier molecular flexibility index (Phi) is 4.26. The van der Waals surface area contributed by atoms with E-state index in [0.29, 0.717) is 31.5 Å². The molecule has 1 aliphatic rings. The number of rotatable bonds is 3. The van der Waals surface area contributed by atoms with Gasteiger partial charge in [-0.05, 0) is 25.3 Å². The summed E-state index contributed by atoms with van der Waals surface area (Å²) >= 11 is 1.44. The van der Waals surface area contributed by atoms with E-state index in [-0.39, 0.29) is 23.6 Å². The summed E-state index contributed by atoms with van der Waals surface area (Å²) in [6.45, 7) is 5.47. The highest BCUT2D eigenvalue weighted by Crippen LogP contribution is 2.15. The Morgan fingerprint density at radius 2 is 2.32 bits per heavy atom. The summed E-state index contributed by atoms with van der Waals surface area (Å²) in [4.78, 5) is 31.5. The molecule has 2 aromatic heterocycles. The van der Waals surface area contributed by atoms with Crippen molar-refractivity contribution in [1.82, 2.24) is 14.5 Å². The summed E-state index contributed by atoms with van der Waals surface area (Å²) in [5.74, 6) is 0.0555. The number of thiophene rings is 1. The lowest BCUT2D eigenvalue weighted by molar-refractivity contribution is -0.143. The summed E-state index contributed by atoms with van der Waals surface area (Å²) in [6.07, 6.45) is 1.89. The van der Waals surface area contributed by atoms with Gasteiger partial charge in [-0.2, -0.15) is 0 Å². The van der Waals surface area contributed by atoms with Gasteiger partial charge >= 0.3 is 0 Å². The molecule has 1 amide bonds. The van der Waals surface area contributed by atoms with Gasteiger partial charge in [0.25, 0.3) is 5.56 Å². The molecule has 22 heavy (non-hydrogen) atoms. The van der Waals surface area contributed by atoms with E-state index in [0.717, 1.165) is 4.83 Å². The summed E-state index contributed by atoms with van der Waals surface area (Å²) in [6, 6.07) is 1.86. The van der Waals surface area contributed by atoms with Gasteiger partial charge in [-0.15, -0.1) is 11.3 Å². The molecule has 2 atom stereocenters. The lowest BCUT2D eigenvalue weighted by Gasteiger charge is -2.36. The Hall–Kier alpha value is -1.73. The van der Waals surface area contributed by atoms with Gasteiger partial charge in [-0.3, -0.25) is 14.2 Å². The summed E-state index contributed by atoms with van der Waals surface area (Å²) in [5, 5.41) is 2.47. The van der Waals surface area contributed by atoms with Crippen molar-refractivity contribution in [2.45, 2.75) is 39.0 Å². The van der Waals surface area contributed by atoms with Gasteiger partial charge in [0.2, 0.25) is 5.91 Å². The molecule has 1 fully saturated rings. The maximum absolute atomic E-state index is 12.4. The highest BCUT2D eigenvalue weighted by molar-refractivity contribution is 7.16. The Morgan fingerprint density at radius 1 is 1.50 bits per heavy atom. The van der Waals surface area contributed by atoms with Crippen LogP contribution in [0.3, 0.4) is 0 Å². The molecule has 0 aromatic carbocycles. The molecule has 6 nitrogen and oxygen atoms in total. The lowest BCUT2D eigenvalue weighted by Crippen LogP contribution is -2.50. The maximum Gasteiger partial charge on any atom is 0.262 e. The third-order valence-corrected chi connectivity index (χ3v) is 4.77. The van der Waals surface area contributed by atoms with Gasteiger partial charge in [-0.1, -0.05) is 0 Å². The molecule has 0 saturated carbocycles. The number of hydrogen-bond acceptors (Lipinski definition) is 5. The molecular weight excluding hydrogens is 302 g/mol. The fourth-order valence-electron chi connectivity index (χ4n) is 2.66. The molecule has 3 heterocycles. The van der Waals surface area contributed by atoms with E-state index in [1.807, 2.05) is 24.1 Å². The van der Waals surface area contributed by atoms with Crippen LogP contribution in [-0.4, -0.2) is 45.7 Å². The molecule has 2 unspecified atom stereocenters. The molecule has 0 aliphatic carbocycles. The molecule has 1 aliphatic heterocycles. The number of carbonyl (C=O) groups excluding carboxylic acids is 1. The van der Waals surface area contributed by atoms with E-state index in [1.54, 1.807) is 6.07 Å². The van der Waals surface area contributed by atoms with E-state index < -0.39 is 0 Å². The second kappa shape index (κ2) is 6.18. The zero-order valence-corrected chi connectivity index (χ0v) is 13.5. The lowest BCUT2D eigenvalue weighted by atomic mass is 10.2. The van der Waals surface area contributed by atoms with Crippen molar-refractivity contribution in [2.24, 2.45) is 0 Å². The quantitative estimate of drug-likeness (QED) is 0.859. The van der Waals surface area contributed by atoms with Crippen LogP contribution in [0.4, 0.5) is 0 Å².